The fourth-order valence-electron chi connectivity index (χ4n) is 4.32. The molecule has 1 N–H and O–H groups in total. The summed E-state index contributed by atoms with van der Waals surface area (Å²) >= 11 is 5.92. The van der Waals surface area contributed by atoms with Gasteiger partial charge in [-0.1, -0.05) is 41.0 Å². The molecule has 1 aliphatic rings. The van der Waals surface area contributed by atoms with Crippen molar-refractivity contribution in [2.24, 2.45) is 5.92 Å². The Bertz CT molecular complexity index is 1300. The Hall–Kier alpha value is -3.52. The van der Waals surface area contributed by atoms with Crippen molar-refractivity contribution in [1.82, 2.24) is 20.4 Å². The number of aromatic nitrogens is 3. The second kappa shape index (κ2) is 9.77. The first-order valence-corrected chi connectivity index (χ1v) is 11.6. The Morgan fingerprint density at radius 3 is 2.71 bits per heavy atom. The molecule has 34 heavy (non-hydrogen) atoms. The molecule has 0 bridgehead atoms. The van der Waals surface area contributed by atoms with Crippen molar-refractivity contribution in [2.45, 2.75) is 19.3 Å². The fourth-order valence-corrected chi connectivity index (χ4v) is 4.45. The molecule has 2 aromatic heterocycles. The van der Waals surface area contributed by atoms with Gasteiger partial charge in [-0.25, -0.2) is 9.37 Å². The number of nitrogens with zero attached hydrogens (tertiary/aromatic N) is 4. The van der Waals surface area contributed by atoms with Crippen molar-refractivity contribution in [3.8, 4) is 11.3 Å². The average molecular weight is 480 g/mol. The van der Waals surface area contributed by atoms with E-state index in [0.717, 1.165) is 12.0 Å². The van der Waals surface area contributed by atoms with Crippen LogP contribution in [0.15, 0.2) is 59.4 Å². The lowest BCUT2D eigenvalue weighted by molar-refractivity contribution is -0.125. The maximum Gasteiger partial charge on any atom is 0.263 e. The van der Waals surface area contributed by atoms with Crippen LogP contribution in [0.2, 0.25) is 5.02 Å². The Labute approximate surface area is 200 Å². The van der Waals surface area contributed by atoms with Crippen molar-refractivity contribution in [3.05, 3.63) is 71.3 Å². The number of benzene rings is 2. The Kier molecular flexibility index (Phi) is 6.40. The SMILES string of the molecule is O=C(NCCc1ccc(Cl)cc1)C1CCN(c2ncnc3onc(-c4cccc(F)c4)c23)CC1. The lowest BCUT2D eigenvalue weighted by atomic mass is 9.95. The van der Waals surface area contributed by atoms with Gasteiger partial charge in [-0.15, -0.1) is 0 Å². The summed E-state index contributed by atoms with van der Waals surface area (Å²) in [5.41, 5.74) is 2.60. The summed E-state index contributed by atoms with van der Waals surface area (Å²) in [5, 5.41) is 8.54. The molecular weight excluding hydrogens is 457 g/mol. The molecule has 0 radical (unpaired) electrons. The van der Waals surface area contributed by atoms with Crippen LogP contribution in [0.3, 0.4) is 0 Å². The van der Waals surface area contributed by atoms with E-state index < -0.39 is 0 Å². The smallest absolute Gasteiger partial charge is 0.263 e. The van der Waals surface area contributed by atoms with Crippen LogP contribution in [0, 0.1) is 11.7 Å². The number of amides is 1. The highest BCUT2D eigenvalue weighted by Gasteiger charge is 2.28. The predicted molar refractivity (Wildman–Crippen MR) is 128 cm³/mol. The van der Waals surface area contributed by atoms with Crippen LogP contribution in [0.25, 0.3) is 22.4 Å². The minimum absolute atomic E-state index is 0.0519. The highest BCUT2D eigenvalue weighted by atomic mass is 35.5. The van der Waals surface area contributed by atoms with Crippen LogP contribution in [-0.4, -0.2) is 40.7 Å². The maximum absolute atomic E-state index is 13.8. The van der Waals surface area contributed by atoms with E-state index in [1.54, 1.807) is 12.1 Å². The molecule has 2 aromatic carbocycles. The number of rotatable bonds is 6. The molecule has 3 heterocycles. The first-order chi connectivity index (χ1) is 16.6. The molecule has 1 fully saturated rings. The normalized spacial score (nSPS) is 14.5. The Balaban J connectivity index is 1.24. The third-order valence-electron chi connectivity index (χ3n) is 6.14. The number of piperidine rings is 1. The highest BCUT2D eigenvalue weighted by molar-refractivity contribution is 6.30. The highest BCUT2D eigenvalue weighted by Crippen LogP contribution is 2.34. The van der Waals surface area contributed by atoms with Gasteiger partial charge in [0.2, 0.25) is 5.91 Å². The topological polar surface area (TPSA) is 84.2 Å². The van der Waals surface area contributed by atoms with Crippen molar-refractivity contribution >= 4 is 34.4 Å². The Morgan fingerprint density at radius 2 is 1.94 bits per heavy atom. The number of nitrogens with one attached hydrogen (secondary N) is 1. The summed E-state index contributed by atoms with van der Waals surface area (Å²) in [5.74, 6) is 0.359. The zero-order valence-corrected chi connectivity index (χ0v) is 19.1. The van der Waals surface area contributed by atoms with E-state index >= 15 is 0 Å². The van der Waals surface area contributed by atoms with Gasteiger partial charge in [0.1, 0.15) is 29.0 Å². The van der Waals surface area contributed by atoms with Gasteiger partial charge < -0.3 is 14.7 Å². The van der Waals surface area contributed by atoms with Crippen molar-refractivity contribution in [1.29, 1.82) is 0 Å². The first kappa shape index (κ1) is 22.3. The predicted octanol–water partition coefficient (Wildman–Crippen LogP) is 4.65. The number of hydrogen-bond donors (Lipinski definition) is 1. The largest absolute Gasteiger partial charge is 0.356 e. The van der Waals surface area contributed by atoms with Gasteiger partial charge in [0.15, 0.2) is 0 Å². The Morgan fingerprint density at radius 1 is 1.15 bits per heavy atom. The molecule has 0 aliphatic carbocycles. The number of fused-ring (bicyclic) bond motifs is 1. The molecule has 5 rings (SSSR count). The second-order valence-corrected chi connectivity index (χ2v) is 8.78. The summed E-state index contributed by atoms with van der Waals surface area (Å²) in [7, 11) is 0. The standard InChI is InChI=1S/C25H23ClFN5O2/c26-19-6-4-16(5-7-19)8-11-28-24(33)17-9-12-32(13-10-17)23-21-22(18-2-1-3-20(27)14-18)31-34-25(21)30-15-29-23/h1-7,14-15,17H,8-13H2,(H,28,33). The van der Waals surface area contributed by atoms with Crippen LogP contribution in [-0.2, 0) is 11.2 Å². The zero-order chi connectivity index (χ0) is 23.5. The molecule has 1 saturated heterocycles. The summed E-state index contributed by atoms with van der Waals surface area (Å²) in [6.07, 6.45) is 3.61. The second-order valence-electron chi connectivity index (χ2n) is 8.35. The number of carbonyl (C=O) groups excluding carboxylic acids is 1. The molecule has 4 aromatic rings. The summed E-state index contributed by atoms with van der Waals surface area (Å²) < 4.78 is 19.2. The van der Waals surface area contributed by atoms with Crippen LogP contribution in [0.4, 0.5) is 10.2 Å². The van der Waals surface area contributed by atoms with Crippen molar-refractivity contribution < 1.29 is 13.7 Å². The van der Waals surface area contributed by atoms with E-state index in [4.69, 9.17) is 16.1 Å². The summed E-state index contributed by atoms with van der Waals surface area (Å²) in [6.45, 7) is 1.91. The average Bonchev–Trinajstić information content (AvgIpc) is 3.30. The molecule has 0 atom stereocenters. The molecule has 0 saturated carbocycles. The molecule has 174 valence electrons. The summed E-state index contributed by atoms with van der Waals surface area (Å²) in [6, 6.07) is 13.9. The van der Waals surface area contributed by atoms with Crippen molar-refractivity contribution in [2.75, 3.05) is 24.5 Å². The zero-order valence-electron chi connectivity index (χ0n) is 18.4. The van der Waals surface area contributed by atoms with Gasteiger partial charge in [0.25, 0.3) is 5.71 Å². The van der Waals surface area contributed by atoms with Crippen LogP contribution < -0.4 is 10.2 Å². The van der Waals surface area contributed by atoms with Gasteiger partial charge in [-0.3, -0.25) is 4.79 Å². The quantitative estimate of drug-likeness (QED) is 0.433. The van der Waals surface area contributed by atoms with Gasteiger partial charge in [0, 0.05) is 36.1 Å². The van der Waals surface area contributed by atoms with E-state index in [1.807, 2.05) is 24.3 Å². The van der Waals surface area contributed by atoms with Gasteiger partial charge in [-0.2, -0.15) is 4.98 Å². The van der Waals surface area contributed by atoms with Gasteiger partial charge in [0.05, 0.1) is 0 Å². The number of hydrogen-bond acceptors (Lipinski definition) is 6. The van der Waals surface area contributed by atoms with E-state index in [9.17, 15) is 9.18 Å². The maximum atomic E-state index is 13.8. The molecule has 0 spiro atoms. The number of anilines is 1. The molecule has 7 nitrogen and oxygen atoms in total. The number of halogens is 2. The van der Waals surface area contributed by atoms with Crippen LogP contribution in [0.1, 0.15) is 18.4 Å². The van der Waals surface area contributed by atoms with Gasteiger partial charge >= 0.3 is 0 Å². The first-order valence-electron chi connectivity index (χ1n) is 11.2. The molecule has 1 aliphatic heterocycles. The van der Waals surface area contributed by atoms with Gasteiger partial charge in [-0.05, 0) is 49.1 Å². The van der Waals surface area contributed by atoms with E-state index in [2.05, 4.69) is 25.3 Å². The fraction of sp³-hybridized carbons (Fsp3) is 0.280. The molecular formula is C25H23ClFN5O2. The van der Waals surface area contributed by atoms with E-state index in [-0.39, 0.29) is 17.6 Å². The van der Waals surface area contributed by atoms with Crippen LogP contribution in [0.5, 0.6) is 0 Å². The minimum atomic E-state index is -0.352. The molecule has 0 unspecified atom stereocenters. The van der Waals surface area contributed by atoms with E-state index in [1.165, 1.54) is 18.5 Å². The summed E-state index contributed by atoms with van der Waals surface area (Å²) in [4.78, 5) is 23.5. The lowest BCUT2D eigenvalue weighted by Crippen LogP contribution is -2.41. The monoisotopic (exact) mass is 479 g/mol. The van der Waals surface area contributed by atoms with E-state index in [0.29, 0.717) is 65.7 Å². The minimum Gasteiger partial charge on any atom is -0.356 e. The third-order valence-corrected chi connectivity index (χ3v) is 6.39. The lowest BCUT2D eigenvalue weighted by Gasteiger charge is -2.32. The molecule has 1 amide bonds. The van der Waals surface area contributed by atoms with Crippen molar-refractivity contribution in [3.63, 3.8) is 0 Å². The molecule has 9 heteroatoms. The van der Waals surface area contributed by atoms with Crippen LogP contribution >= 0.6 is 11.6 Å². The number of carbonyl (C=O) groups is 1. The third kappa shape index (κ3) is 4.72.